The van der Waals surface area contributed by atoms with E-state index in [-0.39, 0.29) is 25.0 Å². The van der Waals surface area contributed by atoms with Gasteiger partial charge in [-0.25, -0.2) is 4.79 Å². The molecule has 8 nitrogen and oxygen atoms in total. The van der Waals surface area contributed by atoms with E-state index in [2.05, 4.69) is 10.1 Å². The fourth-order valence-corrected chi connectivity index (χ4v) is 4.74. The molecule has 0 heterocycles. The van der Waals surface area contributed by atoms with Crippen molar-refractivity contribution in [1.29, 1.82) is 0 Å². The number of fused-ring (bicyclic) bond motifs is 1. The monoisotopic (exact) mass is 545 g/mol. The summed E-state index contributed by atoms with van der Waals surface area (Å²) < 4.78 is 34.1. The number of nitrogens with one attached hydrogen (secondary N) is 1. The maximum atomic E-state index is 14.8. The van der Waals surface area contributed by atoms with Crippen molar-refractivity contribution in [3.05, 3.63) is 71.3 Å². The maximum Gasteiger partial charge on any atom is 0.379 e. The topological polar surface area (TPSA) is 122 Å². The number of ether oxygens (including phenoxy) is 1. The zero-order valence-corrected chi connectivity index (χ0v) is 22.5. The molecule has 2 aromatic carbocycles. The summed E-state index contributed by atoms with van der Waals surface area (Å²) >= 11 is 0. The number of esters is 1. The Bertz CT molecular complexity index is 1120. The van der Waals surface area contributed by atoms with Crippen molar-refractivity contribution in [2.75, 3.05) is 13.2 Å². The molecule has 0 aromatic heterocycles. The minimum absolute atomic E-state index is 0.183. The smallest absolute Gasteiger partial charge is 0.379 e. The number of rotatable bonds is 12. The predicted molar refractivity (Wildman–Crippen MR) is 142 cm³/mol. The van der Waals surface area contributed by atoms with Crippen molar-refractivity contribution in [3.8, 4) is 0 Å². The largest absolute Gasteiger partial charge is 0.461 e. The molecule has 2 amide bonds. The van der Waals surface area contributed by atoms with E-state index in [1.54, 1.807) is 44.2 Å². The van der Waals surface area contributed by atoms with Crippen LogP contribution in [0.3, 0.4) is 0 Å². The van der Waals surface area contributed by atoms with Crippen LogP contribution in [-0.2, 0) is 38.4 Å². The Morgan fingerprint density at radius 1 is 1.08 bits per heavy atom. The molecule has 1 aliphatic rings. The standard InChI is InChI=1S/C29H37F2N3O5/c1-4-39-28(38)29(30,31)26(36)23(14-19-10-6-5-7-11-19)33-24(35)17-34(27(37)25(32)18(2)3)22-15-20-12-8-9-13-21(20)16-22/h5-13,18,22-23,25-26,36H,4,14-17,32H2,1-3H3,(H,33,35)/t23-,25-,26?/m0/s1. The van der Waals surface area contributed by atoms with Gasteiger partial charge in [0.2, 0.25) is 11.8 Å². The lowest BCUT2D eigenvalue weighted by Gasteiger charge is -2.33. The van der Waals surface area contributed by atoms with E-state index in [1.807, 2.05) is 24.3 Å². The van der Waals surface area contributed by atoms with Gasteiger partial charge in [-0.15, -0.1) is 0 Å². The third-order valence-corrected chi connectivity index (χ3v) is 7.02. The highest BCUT2D eigenvalue weighted by Gasteiger charge is 2.52. The number of nitrogens with zero attached hydrogens (tertiary/aromatic N) is 1. The summed E-state index contributed by atoms with van der Waals surface area (Å²) in [6.45, 7) is 4.23. The number of carbonyl (C=O) groups is 3. The molecule has 3 atom stereocenters. The van der Waals surface area contributed by atoms with E-state index >= 15 is 0 Å². The molecule has 0 spiro atoms. The van der Waals surface area contributed by atoms with Crippen molar-refractivity contribution in [2.24, 2.45) is 11.7 Å². The Labute approximate surface area is 227 Å². The van der Waals surface area contributed by atoms with Crippen molar-refractivity contribution >= 4 is 17.8 Å². The molecule has 212 valence electrons. The van der Waals surface area contributed by atoms with Gasteiger partial charge in [0.25, 0.3) is 0 Å². The molecule has 0 fully saturated rings. The number of alkyl halides is 2. The minimum Gasteiger partial charge on any atom is -0.461 e. The number of hydrogen-bond donors (Lipinski definition) is 3. The fourth-order valence-electron chi connectivity index (χ4n) is 4.74. The number of carbonyl (C=O) groups excluding carboxylic acids is 3. The van der Waals surface area contributed by atoms with Crippen LogP contribution < -0.4 is 11.1 Å². The summed E-state index contributed by atoms with van der Waals surface area (Å²) in [6, 6.07) is 13.4. The van der Waals surface area contributed by atoms with Crippen LogP contribution in [0.5, 0.6) is 0 Å². The number of aliphatic hydroxyl groups excluding tert-OH is 1. The number of halogens is 2. The number of aliphatic hydroxyl groups is 1. The van der Waals surface area contributed by atoms with Crippen molar-refractivity contribution in [1.82, 2.24) is 10.2 Å². The molecule has 0 saturated heterocycles. The molecule has 2 aromatic rings. The highest BCUT2D eigenvalue weighted by atomic mass is 19.3. The Morgan fingerprint density at radius 2 is 1.64 bits per heavy atom. The van der Waals surface area contributed by atoms with Gasteiger partial charge in [0.15, 0.2) is 0 Å². The highest BCUT2D eigenvalue weighted by molar-refractivity contribution is 5.88. The Hall–Kier alpha value is -3.37. The van der Waals surface area contributed by atoms with Crippen LogP contribution in [0, 0.1) is 5.92 Å². The van der Waals surface area contributed by atoms with E-state index in [0.29, 0.717) is 18.4 Å². The normalized spacial score (nSPS) is 15.8. The summed E-state index contributed by atoms with van der Waals surface area (Å²) in [7, 11) is 0. The molecule has 1 unspecified atom stereocenters. The van der Waals surface area contributed by atoms with Gasteiger partial charge in [0.05, 0.1) is 25.2 Å². The molecular formula is C29H37F2N3O5. The summed E-state index contributed by atoms with van der Waals surface area (Å²) in [6.07, 6.45) is -1.70. The SMILES string of the molecule is CCOC(=O)C(F)(F)C(O)[C@H](Cc1ccccc1)NC(=O)CN(C(=O)[C@@H](N)C(C)C)C1Cc2ccccc2C1. The van der Waals surface area contributed by atoms with Gasteiger partial charge in [-0.1, -0.05) is 68.4 Å². The van der Waals surface area contributed by atoms with Crippen LogP contribution in [0.25, 0.3) is 0 Å². The van der Waals surface area contributed by atoms with Gasteiger partial charge in [-0.05, 0) is 48.8 Å². The number of nitrogens with two attached hydrogens (primary N) is 1. The van der Waals surface area contributed by atoms with Crippen LogP contribution in [0.2, 0.25) is 0 Å². The lowest BCUT2D eigenvalue weighted by atomic mass is 9.96. The summed E-state index contributed by atoms with van der Waals surface area (Å²) in [4.78, 5) is 40.0. The zero-order valence-electron chi connectivity index (χ0n) is 22.5. The van der Waals surface area contributed by atoms with Crippen LogP contribution in [0.15, 0.2) is 54.6 Å². The molecule has 0 aliphatic heterocycles. The highest BCUT2D eigenvalue weighted by Crippen LogP contribution is 2.27. The second kappa shape index (κ2) is 13.1. The number of hydrogen-bond acceptors (Lipinski definition) is 6. The Morgan fingerprint density at radius 3 is 2.18 bits per heavy atom. The molecule has 1 aliphatic carbocycles. The van der Waals surface area contributed by atoms with Gasteiger partial charge < -0.3 is 25.8 Å². The third kappa shape index (κ3) is 7.39. The summed E-state index contributed by atoms with van der Waals surface area (Å²) in [5.74, 6) is -7.52. The lowest BCUT2D eigenvalue weighted by Crippen LogP contribution is -2.59. The van der Waals surface area contributed by atoms with E-state index in [9.17, 15) is 28.3 Å². The first-order valence-corrected chi connectivity index (χ1v) is 13.1. The van der Waals surface area contributed by atoms with Crippen LogP contribution in [-0.4, -0.2) is 71.1 Å². The van der Waals surface area contributed by atoms with Crippen LogP contribution in [0.4, 0.5) is 8.78 Å². The van der Waals surface area contributed by atoms with Crippen LogP contribution in [0.1, 0.15) is 37.5 Å². The predicted octanol–water partition coefficient (Wildman–Crippen LogP) is 2.25. The second-order valence-corrected chi connectivity index (χ2v) is 10.2. The van der Waals surface area contributed by atoms with E-state index in [1.165, 1.54) is 11.8 Å². The quantitative estimate of drug-likeness (QED) is 0.352. The molecule has 0 bridgehead atoms. The van der Waals surface area contributed by atoms with Crippen molar-refractivity contribution in [2.45, 2.75) is 70.2 Å². The molecule has 3 rings (SSSR count). The summed E-state index contributed by atoms with van der Waals surface area (Å²) in [5, 5.41) is 13.1. The van der Waals surface area contributed by atoms with Crippen molar-refractivity contribution in [3.63, 3.8) is 0 Å². The average Bonchev–Trinajstić information content (AvgIpc) is 3.34. The molecule has 0 saturated carbocycles. The van der Waals surface area contributed by atoms with E-state index in [4.69, 9.17) is 5.73 Å². The van der Waals surface area contributed by atoms with Gasteiger partial charge in [-0.2, -0.15) is 8.78 Å². The van der Waals surface area contributed by atoms with Gasteiger partial charge in [-0.3, -0.25) is 9.59 Å². The molecule has 10 heteroatoms. The summed E-state index contributed by atoms with van der Waals surface area (Å²) in [5.41, 5.74) is 8.85. The molecule has 39 heavy (non-hydrogen) atoms. The average molecular weight is 546 g/mol. The van der Waals surface area contributed by atoms with Crippen molar-refractivity contribution < 1.29 is 33.0 Å². The Kier molecular flexibility index (Phi) is 10.2. The van der Waals surface area contributed by atoms with E-state index < -0.39 is 48.4 Å². The molecule has 0 radical (unpaired) electrons. The van der Waals surface area contributed by atoms with E-state index in [0.717, 1.165) is 11.1 Å². The maximum absolute atomic E-state index is 14.8. The first-order valence-electron chi connectivity index (χ1n) is 13.1. The second-order valence-electron chi connectivity index (χ2n) is 10.2. The van der Waals surface area contributed by atoms with Gasteiger partial charge >= 0.3 is 11.9 Å². The number of benzene rings is 2. The van der Waals surface area contributed by atoms with Gasteiger partial charge in [0, 0.05) is 6.04 Å². The lowest BCUT2D eigenvalue weighted by molar-refractivity contribution is -0.191. The molecule has 4 N–H and O–H groups in total. The van der Waals surface area contributed by atoms with Gasteiger partial charge in [0.1, 0.15) is 6.10 Å². The Balaban J connectivity index is 1.84. The third-order valence-electron chi connectivity index (χ3n) is 7.02. The fraction of sp³-hybridized carbons (Fsp3) is 0.483. The number of amides is 2. The molecular weight excluding hydrogens is 508 g/mol. The zero-order chi connectivity index (χ0) is 28.7. The first-order chi connectivity index (χ1) is 18.4. The van der Waals surface area contributed by atoms with Crippen LogP contribution >= 0.6 is 0 Å². The first kappa shape index (κ1) is 30.2. The minimum atomic E-state index is -4.27.